The average Bonchev–Trinajstić information content (AvgIpc) is 2.74. The van der Waals surface area contributed by atoms with Crippen molar-refractivity contribution in [2.45, 2.75) is 60.8 Å². The summed E-state index contributed by atoms with van der Waals surface area (Å²) in [4.78, 5) is 0. The zero-order valence-electron chi connectivity index (χ0n) is 12.4. The van der Waals surface area contributed by atoms with Gasteiger partial charge in [0, 0.05) is 5.41 Å². The second-order valence-electron chi connectivity index (χ2n) is 7.29. The summed E-state index contributed by atoms with van der Waals surface area (Å²) in [6.07, 6.45) is 8.69. The van der Waals surface area contributed by atoms with E-state index in [1.807, 2.05) is 0 Å². The molecule has 2 unspecified atom stereocenters. The van der Waals surface area contributed by atoms with Crippen LogP contribution in [0.4, 0.5) is 0 Å². The second kappa shape index (κ2) is 4.00. The molecule has 0 radical (unpaired) electrons. The Labute approximate surface area is 107 Å². The van der Waals surface area contributed by atoms with Gasteiger partial charge in [-0.3, -0.25) is 0 Å². The highest BCUT2D eigenvalue weighted by Crippen LogP contribution is 2.61. The third-order valence-corrected chi connectivity index (χ3v) is 5.34. The highest BCUT2D eigenvalue weighted by atomic mass is 14.5. The van der Waals surface area contributed by atoms with Crippen LogP contribution in [0.15, 0.2) is 23.3 Å². The van der Waals surface area contributed by atoms with Crippen LogP contribution in [0.2, 0.25) is 0 Å². The van der Waals surface area contributed by atoms with E-state index in [1.54, 1.807) is 11.1 Å². The van der Waals surface area contributed by atoms with Crippen molar-refractivity contribution >= 4 is 0 Å². The number of rotatable bonds is 2. The van der Waals surface area contributed by atoms with Gasteiger partial charge in [0.15, 0.2) is 0 Å². The fourth-order valence-corrected chi connectivity index (χ4v) is 4.16. The van der Waals surface area contributed by atoms with E-state index in [0.29, 0.717) is 10.8 Å². The second-order valence-corrected chi connectivity index (χ2v) is 7.29. The molecule has 0 saturated carbocycles. The van der Waals surface area contributed by atoms with E-state index in [0.717, 1.165) is 11.8 Å². The molecular formula is C17H28. The normalized spacial score (nSPS) is 32.8. The largest absolute Gasteiger partial charge is 0.0801 e. The standard InChI is InChI=1S/C17H28/c1-7-17(16(4,5)6)11-14(12(2)3)13-9-8-10-15(13)17/h8,10,12,14H,7,9,11H2,1-6H3. The maximum Gasteiger partial charge on any atom is 0.000432 e. The summed E-state index contributed by atoms with van der Waals surface area (Å²) in [7, 11) is 0. The fourth-order valence-electron chi connectivity index (χ4n) is 4.16. The predicted molar refractivity (Wildman–Crippen MR) is 75.9 cm³/mol. The summed E-state index contributed by atoms with van der Waals surface area (Å²) < 4.78 is 0. The highest BCUT2D eigenvalue weighted by molar-refractivity contribution is 5.46. The molecule has 2 aliphatic rings. The van der Waals surface area contributed by atoms with Gasteiger partial charge >= 0.3 is 0 Å². The molecule has 0 heteroatoms. The third-order valence-electron chi connectivity index (χ3n) is 5.34. The van der Waals surface area contributed by atoms with Gasteiger partial charge in [-0.25, -0.2) is 0 Å². The lowest BCUT2D eigenvalue weighted by Crippen LogP contribution is -2.35. The minimum absolute atomic E-state index is 0.376. The van der Waals surface area contributed by atoms with Crippen molar-refractivity contribution in [2.75, 3.05) is 0 Å². The van der Waals surface area contributed by atoms with Gasteiger partial charge in [0.05, 0.1) is 0 Å². The van der Waals surface area contributed by atoms with Crippen molar-refractivity contribution in [1.29, 1.82) is 0 Å². The van der Waals surface area contributed by atoms with Crippen molar-refractivity contribution < 1.29 is 0 Å². The van der Waals surface area contributed by atoms with Gasteiger partial charge in [-0.2, -0.15) is 0 Å². The van der Waals surface area contributed by atoms with Crippen molar-refractivity contribution in [2.24, 2.45) is 22.7 Å². The van der Waals surface area contributed by atoms with E-state index in [2.05, 4.69) is 53.7 Å². The molecular weight excluding hydrogens is 204 g/mol. The van der Waals surface area contributed by atoms with Crippen LogP contribution in [0.3, 0.4) is 0 Å². The SMILES string of the molecule is CCC1(C(C)(C)C)CC(C(C)C)C2=C1C=CC2. The van der Waals surface area contributed by atoms with Crippen molar-refractivity contribution in [3.8, 4) is 0 Å². The van der Waals surface area contributed by atoms with Gasteiger partial charge in [0.1, 0.15) is 0 Å². The summed E-state index contributed by atoms with van der Waals surface area (Å²) in [5.41, 5.74) is 4.26. The zero-order chi connectivity index (χ0) is 12.8. The Morgan fingerprint density at radius 2 is 2.00 bits per heavy atom. The summed E-state index contributed by atoms with van der Waals surface area (Å²) in [6.45, 7) is 14.4. The molecule has 2 rings (SSSR count). The average molecular weight is 232 g/mol. The minimum Gasteiger partial charge on any atom is -0.0801 e. The Hall–Kier alpha value is -0.520. The first-order valence-corrected chi connectivity index (χ1v) is 7.23. The van der Waals surface area contributed by atoms with Crippen LogP contribution >= 0.6 is 0 Å². The Morgan fingerprint density at radius 3 is 2.47 bits per heavy atom. The Kier molecular flexibility index (Phi) is 3.04. The van der Waals surface area contributed by atoms with Crippen molar-refractivity contribution in [1.82, 2.24) is 0 Å². The minimum atomic E-state index is 0.376. The van der Waals surface area contributed by atoms with Gasteiger partial charge in [-0.05, 0) is 42.1 Å². The molecule has 0 N–H and O–H groups in total. The molecule has 17 heavy (non-hydrogen) atoms. The zero-order valence-corrected chi connectivity index (χ0v) is 12.4. The first-order chi connectivity index (χ1) is 7.83. The van der Waals surface area contributed by atoms with E-state index in [-0.39, 0.29) is 0 Å². The fraction of sp³-hybridized carbons (Fsp3) is 0.765. The van der Waals surface area contributed by atoms with E-state index >= 15 is 0 Å². The molecule has 0 fully saturated rings. The summed E-state index contributed by atoms with van der Waals surface area (Å²) in [5, 5.41) is 0. The third kappa shape index (κ3) is 1.72. The summed E-state index contributed by atoms with van der Waals surface area (Å²) in [5.74, 6) is 1.61. The lowest BCUT2D eigenvalue weighted by atomic mass is 9.60. The first kappa shape index (κ1) is 12.9. The molecule has 0 spiro atoms. The lowest BCUT2D eigenvalue weighted by Gasteiger charge is -2.44. The number of hydrogen-bond donors (Lipinski definition) is 0. The predicted octanol–water partition coefficient (Wildman–Crippen LogP) is 5.36. The van der Waals surface area contributed by atoms with Gasteiger partial charge in [-0.1, -0.05) is 59.3 Å². The molecule has 2 atom stereocenters. The highest BCUT2D eigenvalue weighted by Gasteiger charge is 2.51. The Bertz CT molecular complexity index is 362. The molecule has 0 saturated heterocycles. The van der Waals surface area contributed by atoms with Crippen LogP contribution in [0.1, 0.15) is 60.8 Å². The van der Waals surface area contributed by atoms with Crippen LogP contribution in [-0.4, -0.2) is 0 Å². The Morgan fingerprint density at radius 1 is 1.35 bits per heavy atom. The number of hydrogen-bond acceptors (Lipinski definition) is 0. The molecule has 0 nitrogen and oxygen atoms in total. The van der Waals surface area contributed by atoms with Gasteiger partial charge in [-0.15, -0.1) is 0 Å². The molecule has 2 aliphatic carbocycles. The van der Waals surface area contributed by atoms with Gasteiger partial charge in [0.2, 0.25) is 0 Å². The first-order valence-electron chi connectivity index (χ1n) is 7.23. The summed E-state index contributed by atoms with van der Waals surface area (Å²) >= 11 is 0. The van der Waals surface area contributed by atoms with Gasteiger partial charge in [0.25, 0.3) is 0 Å². The smallest absolute Gasteiger partial charge is 0.000432 e. The Balaban J connectivity index is 2.48. The quantitative estimate of drug-likeness (QED) is 0.601. The van der Waals surface area contributed by atoms with Crippen LogP contribution in [0, 0.1) is 22.7 Å². The van der Waals surface area contributed by atoms with Gasteiger partial charge < -0.3 is 0 Å². The molecule has 0 heterocycles. The molecule has 0 aromatic rings. The van der Waals surface area contributed by atoms with Crippen molar-refractivity contribution in [3.05, 3.63) is 23.3 Å². The van der Waals surface area contributed by atoms with Crippen LogP contribution < -0.4 is 0 Å². The maximum atomic E-state index is 2.44. The van der Waals surface area contributed by atoms with E-state index in [9.17, 15) is 0 Å². The lowest BCUT2D eigenvalue weighted by molar-refractivity contribution is 0.109. The molecule has 0 aromatic heterocycles. The summed E-state index contributed by atoms with van der Waals surface area (Å²) in [6, 6.07) is 0. The van der Waals surface area contributed by atoms with Crippen molar-refractivity contribution in [3.63, 3.8) is 0 Å². The van der Waals surface area contributed by atoms with E-state index < -0.39 is 0 Å². The monoisotopic (exact) mass is 232 g/mol. The van der Waals surface area contributed by atoms with E-state index in [1.165, 1.54) is 19.3 Å². The topological polar surface area (TPSA) is 0 Å². The van der Waals surface area contributed by atoms with Crippen LogP contribution in [-0.2, 0) is 0 Å². The molecule has 0 aliphatic heterocycles. The van der Waals surface area contributed by atoms with E-state index in [4.69, 9.17) is 0 Å². The van der Waals surface area contributed by atoms with Crippen LogP contribution in [0.5, 0.6) is 0 Å². The molecule has 0 amide bonds. The molecule has 96 valence electrons. The molecule has 0 aromatic carbocycles. The van der Waals surface area contributed by atoms with Crippen LogP contribution in [0.25, 0.3) is 0 Å². The molecule has 0 bridgehead atoms. The number of allylic oxidation sites excluding steroid dienone is 4. The maximum absolute atomic E-state index is 2.44.